The highest BCUT2D eigenvalue weighted by molar-refractivity contribution is 5.94. The van der Waals surface area contributed by atoms with Crippen molar-refractivity contribution in [3.63, 3.8) is 0 Å². The summed E-state index contributed by atoms with van der Waals surface area (Å²) in [5, 5.41) is 13.7. The number of likely N-dealkylation sites (N-methyl/N-ethyl adjacent to an activating group) is 1. The van der Waals surface area contributed by atoms with Crippen LogP contribution in [0.5, 0.6) is 5.75 Å². The smallest absolute Gasteiger partial charge is 0.406 e. The first-order valence-electron chi connectivity index (χ1n) is 6.73. The van der Waals surface area contributed by atoms with Gasteiger partial charge in [-0.15, -0.1) is 0 Å². The molecule has 1 N–H and O–H groups in total. The Kier molecular flexibility index (Phi) is 4.79. The number of amides is 1. The molecule has 0 atom stereocenters. The van der Waals surface area contributed by atoms with Crippen LogP contribution in [0.15, 0.2) is 30.6 Å². The fraction of sp³-hybridized carbons (Fsp3) is 0.286. The van der Waals surface area contributed by atoms with E-state index in [0.717, 1.165) is 0 Å². The number of hydrogen-bond donors (Lipinski definition) is 1. The standard InChI is InChI=1S/C14H17N5O4/c1-17(14-13(19(21)22)15-9-18(14)2)8-12(20)16-10-4-6-11(23-3)7-5-10/h4-7,9H,8H2,1-3H3,(H,16,20). The van der Waals surface area contributed by atoms with Gasteiger partial charge in [0, 0.05) is 19.8 Å². The van der Waals surface area contributed by atoms with Gasteiger partial charge in [0.1, 0.15) is 5.75 Å². The Morgan fingerprint density at radius 3 is 2.65 bits per heavy atom. The molecule has 1 aromatic carbocycles. The zero-order chi connectivity index (χ0) is 17.0. The van der Waals surface area contributed by atoms with Gasteiger partial charge in [0.15, 0.2) is 0 Å². The molecule has 1 aromatic heterocycles. The summed E-state index contributed by atoms with van der Waals surface area (Å²) in [7, 11) is 4.79. The highest BCUT2D eigenvalue weighted by Crippen LogP contribution is 2.24. The fourth-order valence-corrected chi connectivity index (χ4v) is 2.15. The molecule has 2 aromatic rings. The number of nitrogens with zero attached hydrogens (tertiary/aromatic N) is 4. The molecule has 1 amide bonds. The van der Waals surface area contributed by atoms with Gasteiger partial charge in [0.2, 0.25) is 18.1 Å². The Labute approximate surface area is 132 Å². The second kappa shape index (κ2) is 6.77. The number of benzene rings is 1. The largest absolute Gasteiger partial charge is 0.497 e. The van der Waals surface area contributed by atoms with E-state index >= 15 is 0 Å². The lowest BCUT2D eigenvalue weighted by atomic mass is 10.3. The van der Waals surface area contributed by atoms with Gasteiger partial charge in [-0.05, 0) is 34.2 Å². The number of ether oxygens (including phenoxy) is 1. The Morgan fingerprint density at radius 2 is 2.09 bits per heavy atom. The molecule has 122 valence electrons. The van der Waals surface area contributed by atoms with E-state index in [4.69, 9.17) is 4.74 Å². The molecule has 2 rings (SSSR count). The van der Waals surface area contributed by atoms with Crippen LogP contribution in [0.3, 0.4) is 0 Å². The van der Waals surface area contributed by atoms with Crippen molar-refractivity contribution in [2.45, 2.75) is 0 Å². The molecule has 0 saturated heterocycles. The molecule has 9 nitrogen and oxygen atoms in total. The van der Waals surface area contributed by atoms with Crippen molar-refractivity contribution in [3.8, 4) is 5.75 Å². The van der Waals surface area contributed by atoms with Crippen LogP contribution in [0, 0.1) is 10.1 Å². The van der Waals surface area contributed by atoms with E-state index in [-0.39, 0.29) is 24.1 Å². The van der Waals surface area contributed by atoms with Crippen LogP contribution in [-0.2, 0) is 11.8 Å². The molecule has 0 aliphatic heterocycles. The number of nitrogens with one attached hydrogen (secondary N) is 1. The van der Waals surface area contributed by atoms with E-state index in [1.54, 1.807) is 45.5 Å². The van der Waals surface area contributed by atoms with Gasteiger partial charge in [-0.3, -0.25) is 9.36 Å². The number of carbonyl (C=O) groups is 1. The zero-order valence-electron chi connectivity index (χ0n) is 13.0. The first-order valence-corrected chi connectivity index (χ1v) is 6.73. The molecular weight excluding hydrogens is 302 g/mol. The lowest BCUT2D eigenvalue weighted by Gasteiger charge is -2.17. The Hall–Kier alpha value is -3.10. The predicted molar refractivity (Wildman–Crippen MR) is 84.8 cm³/mol. The predicted octanol–water partition coefficient (Wildman–Crippen LogP) is 1.41. The Bertz CT molecular complexity index is 710. The van der Waals surface area contributed by atoms with Crippen LogP contribution < -0.4 is 15.0 Å². The highest BCUT2D eigenvalue weighted by Gasteiger charge is 2.24. The van der Waals surface area contributed by atoms with E-state index in [0.29, 0.717) is 11.4 Å². The number of methoxy groups -OCH3 is 1. The Balaban J connectivity index is 2.04. The lowest BCUT2D eigenvalue weighted by molar-refractivity contribution is -0.388. The normalized spacial score (nSPS) is 10.2. The number of anilines is 2. The molecular formula is C14H17N5O4. The molecule has 23 heavy (non-hydrogen) atoms. The third-order valence-electron chi connectivity index (χ3n) is 3.18. The molecule has 0 aliphatic rings. The van der Waals surface area contributed by atoms with Gasteiger partial charge in [0.25, 0.3) is 0 Å². The molecule has 0 radical (unpaired) electrons. The number of rotatable bonds is 6. The molecule has 0 fully saturated rings. The SMILES string of the molecule is COc1ccc(NC(=O)CN(C)c2c([N+](=O)[O-])ncn2C)cc1. The number of aromatic nitrogens is 2. The van der Waals surface area contributed by atoms with Gasteiger partial charge >= 0.3 is 5.82 Å². The van der Waals surface area contributed by atoms with Crippen LogP contribution >= 0.6 is 0 Å². The van der Waals surface area contributed by atoms with Gasteiger partial charge in [-0.25, -0.2) is 0 Å². The summed E-state index contributed by atoms with van der Waals surface area (Å²) in [5.74, 6) is 0.367. The van der Waals surface area contributed by atoms with Crippen molar-refractivity contribution in [2.24, 2.45) is 7.05 Å². The summed E-state index contributed by atoms with van der Waals surface area (Å²) in [6.07, 6.45) is 1.34. The zero-order valence-corrected chi connectivity index (χ0v) is 13.0. The minimum Gasteiger partial charge on any atom is -0.497 e. The van der Waals surface area contributed by atoms with Crippen LogP contribution in [0.1, 0.15) is 0 Å². The number of aryl methyl sites for hydroxylation is 1. The molecule has 1 heterocycles. The minimum absolute atomic E-state index is 0.0492. The summed E-state index contributed by atoms with van der Waals surface area (Å²) >= 11 is 0. The molecule has 9 heteroatoms. The molecule has 0 bridgehead atoms. The van der Waals surface area contributed by atoms with Crippen molar-refractivity contribution in [2.75, 3.05) is 30.9 Å². The van der Waals surface area contributed by atoms with Crippen LogP contribution in [-0.4, -0.2) is 41.1 Å². The van der Waals surface area contributed by atoms with Gasteiger partial charge < -0.3 is 25.1 Å². The third kappa shape index (κ3) is 3.76. The molecule has 0 aliphatic carbocycles. The van der Waals surface area contributed by atoms with Crippen molar-refractivity contribution in [3.05, 3.63) is 40.7 Å². The monoisotopic (exact) mass is 319 g/mol. The van der Waals surface area contributed by atoms with Gasteiger partial charge in [-0.2, -0.15) is 0 Å². The van der Waals surface area contributed by atoms with Crippen molar-refractivity contribution >= 4 is 23.2 Å². The molecule has 0 unspecified atom stereocenters. The van der Waals surface area contributed by atoms with Crippen LogP contribution in [0.4, 0.5) is 17.3 Å². The Morgan fingerprint density at radius 1 is 1.43 bits per heavy atom. The third-order valence-corrected chi connectivity index (χ3v) is 3.18. The quantitative estimate of drug-likeness (QED) is 0.638. The highest BCUT2D eigenvalue weighted by atomic mass is 16.6. The van der Waals surface area contributed by atoms with E-state index < -0.39 is 4.92 Å². The van der Waals surface area contributed by atoms with E-state index in [2.05, 4.69) is 10.3 Å². The lowest BCUT2D eigenvalue weighted by Crippen LogP contribution is -2.31. The fourth-order valence-electron chi connectivity index (χ4n) is 2.15. The second-order valence-electron chi connectivity index (χ2n) is 4.89. The average molecular weight is 319 g/mol. The van der Waals surface area contributed by atoms with Gasteiger partial charge in [0.05, 0.1) is 13.7 Å². The van der Waals surface area contributed by atoms with Crippen molar-refractivity contribution < 1.29 is 14.5 Å². The summed E-state index contributed by atoms with van der Waals surface area (Å²) in [6.45, 7) is -0.0492. The summed E-state index contributed by atoms with van der Waals surface area (Å²) in [6, 6.07) is 6.88. The minimum atomic E-state index is -0.576. The van der Waals surface area contributed by atoms with Crippen molar-refractivity contribution in [1.29, 1.82) is 0 Å². The summed E-state index contributed by atoms with van der Waals surface area (Å²) in [4.78, 5) is 27.7. The number of hydrogen-bond acceptors (Lipinski definition) is 6. The second-order valence-corrected chi connectivity index (χ2v) is 4.89. The van der Waals surface area contributed by atoms with Crippen LogP contribution in [0.2, 0.25) is 0 Å². The molecule has 0 saturated carbocycles. The average Bonchev–Trinajstić information content (AvgIpc) is 2.90. The maximum atomic E-state index is 12.1. The van der Waals surface area contributed by atoms with E-state index in [1.807, 2.05) is 0 Å². The van der Waals surface area contributed by atoms with Gasteiger partial charge in [-0.1, -0.05) is 0 Å². The summed E-state index contributed by atoms with van der Waals surface area (Å²) < 4.78 is 6.54. The van der Waals surface area contributed by atoms with Crippen molar-refractivity contribution in [1.82, 2.24) is 9.55 Å². The van der Waals surface area contributed by atoms with E-state index in [9.17, 15) is 14.9 Å². The first-order chi connectivity index (χ1) is 10.9. The number of nitro groups is 1. The van der Waals surface area contributed by atoms with E-state index in [1.165, 1.54) is 15.8 Å². The van der Waals surface area contributed by atoms with Crippen LogP contribution in [0.25, 0.3) is 0 Å². The maximum absolute atomic E-state index is 12.1. The summed E-state index contributed by atoms with van der Waals surface area (Å²) in [5.41, 5.74) is 0.615. The topological polar surface area (TPSA) is 103 Å². The number of imidazole rings is 1. The molecule has 0 spiro atoms. The maximum Gasteiger partial charge on any atom is 0.406 e. The number of carbonyl (C=O) groups excluding carboxylic acids is 1. The first kappa shape index (κ1) is 16.3.